The first kappa shape index (κ1) is 19.8. The van der Waals surface area contributed by atoms with Crippen molar-refractivity contribution >= 4 is 13.4 Å². The maximum absolute atomic E-state index is 13.2. The minimum Gasteiger partial charge on any atom is -0.308 e. The van der Waals surface area contributed by atoms with E-state index in [9.17, 15) is 9.36 Å². The highest BCUT2D eigenvalue weighted by Crippen LogP contribution is 2.63. The molecular weight excluding hydrogens is 275 g/mol. The lowest BCUT2D eigenvalue weighted by atomic mass is 9.81. The van der Waals surface area contributed by atoms with Crippen molar-refractivity contribution in [1.82, 2.24) is 0 Å². The summed E-state index contributed by atoms with van der Waals surface area (Å²) < 4.78 is 24.1. The third kappa shape index (κ3) is 4.41. The predicted octanol–water partition coefficient (Wildman–Crippen LogP) is 4.82. The van der Waals surface area contributed by atoms with E-state index in [-0.39, 0.29) is 19.0 Å². The molecule has 0 aliphatic heterocycles. The maximum Gasteiger partial charge on any atom is 0.343 e. The van der Waals surface area contributed by atoms with E-state index in [4.69, 9.17) is 9.05 Å². The maximum atomic E-state index is 13.2. The molecule has 0 aliphatic carbocycles. The zero-order chi connectivity index (χ0) is 16.0. The molecule has 0 amide bonds. The Kier molecular flexibility index (Phi) is 7.65. The first-order valence-electron chi connectivity index (χ1n) is 7.53. The predicted molar refractivity (Wildman–Crippen MR) is 83.3 cm³/mol. The quantitative estimate of drug-likeness (QED) is 0.573. The molecule has 0 aromatic carbocycles. The Bertz CT molecular complexity index is 349. The number of Topliss-reactive ketones (excluding diaryl/α,β-unsaturated/α-hetero) is 1. The lowest BCUT2D eigenvalue weighted by molar-refractivity contribution is -0.129. The van der Waals surface area contributed by atoms with Crippen LogP contribution in [0, 0.1) is 5.41 Å². The summed E-state index contributed by atoms with van der Waals surface area (Å²) in [5, 5.41) is -1.08. The standard InChI is InChI=1S/C15H31O4P/c1-8-11-12-15(7,13(16)14(4,5)6)20(17,18-9-2)19-10-3/h8-12H2,1-7H3. The van der Waals surface area contributed by atoms with Gasteiger partial charge >= 0.3 is 7.60 Å². The van der Waals surface area contributed by atoms with Gasteiger partial charge in [0.05, 0.1) is 13.2 Å². The van der Waals surface area contributed by atoms with Crippen LogP contribution in [-0.4, -0.2) is 24.2 Å². The van der Waals surface area contributed by atoms with Crippen LogP contribution in [0.25, 0.3) is 0 Å². The summed E-state index contributed by atoms with van der Waals surface area (Å²) in [6.07, 6.45) is 2.28. The average Bonchev–Trinajstić information content (AvgIpc) is 2.34. The Balaban J connectivity index is 5.71. The van der Waals surface area contributed by atoms with Gasteiger partial charge in [0.2, 0.25) is 0 Å². The summed E-state index contributed by atoms with van der Waals surface area (Å²) >= 11 is 0. The van der Waals surface area contributed by atoms with Crippen LogP contribution in [0.4, 0.5) is 0 Å². The third-order valence-corrected chi connectivity index (χ3v) is 6.22. The van der Waals surface area contributed by atoms with Gasteiger partial charge in [-0.05, 0) is 27.2 Å². The van der Waals surface area contributed by atoms with Crippen molar-refractivity contribution in [3.8, 4) is 0 Å². The van der Waals surface area contributed by atoms with Gasteiger partial charge in [0, 0.05) is 5.41 Å². The topological polar surface area (TPSA) is 52.6 Å². The van der Waals surface area contributed by atoms with Crippen LogP contribution in [-0.2, 0) is 18.4 Å². The molecule has 0 spiro atoms. The van der Waals surface area contributed by atoms with E-state index in [0.717, 1.165) is 12.8 Å². The number of unbranched alkanes of at least 4 members (excludes halogenated alkanes) is 1. The van der Waals surface area contributed by atoms with Crippen molar-refractivity contribution in [2.24, 2.45) is 5.41 Å². The van der Waals surface area contributed by atoms with Gasteiger partial charge in [0.25, 0.3) is 0 Å². The van der Waals surface area contributed by atoms with E-state index in [2.05, 4.69) is 0 Å². The number of rotatable bonds is 9. The molecule has 0 N–H and O–H groups in total. The monoisotopic (exact) mass is 306 g/mol. The molecule has 0 fully saturated rings. The lowest BCUT2D eigenvalue weighted by Crippen LogP contribution is -2.43. The normalized spacial score (nSPS) is 15.9. The van der Waals surface area contributed by atoms with Gasteiger partial charge in [-0.15, -0.1) is 0 Å². The van der Waals surface area contributed by atoms with E-state index in [1.165, 1.54) is 0 Å². The largest absolute Gasteiger partial charge is 0.343 e. The smallest absolute Gasteiger partial charge is 0.308 e. The van der Waals surface area contributed by atoms with Gasteiger partial charge in [-0.1, -0.05) is 40.5 Å². The van der Waals surface area contributed by atoms with Crippen LogP contribution in [0.5, 0.6) is 0 Å². The molecule has 0 aromatic rings. The summed E-state index contributed by atoms with van der Waals surface area (Å²) in [6, 6.07) is 0. The second-order valence-corrected chi connectivity index (χ2v) is 8.79. The molecule has 0 bridgehead atoms. The second-order valence-electron chi connectivity index (χ2n) is 6.29. The molecule has 0 aromatic heterocycles. The molecule has 1 unspecified atom stereocenters. The van der Waals surface area contributed by atoms with Gasteiger partial charge in [-0.3, -0.25) is 9.36 Å². The minimum absolute atomic E-state index is 0.0521. The van der Waals surface area contributed by atoms with Gasteiger partial charge in [0.1, 0.15) is 5.16 Å². The Morgan fingerprint density at radius 1 is 1.00 bits per heavy atom. The van der Waals surface area contributed by atoms with E-state index < -0.39 is 18.2 Å². The zero-order valence-electron chi connectivity index (χ0n) is 14.1. The molecule has 0 rings (SSSR count). The molecule has 0 saturated carbocycles. The Labute approximate surface area is 124 Å². The molecule has 0 aliphatic rings. The molecule has 5 heteroatoms. The molecule has 20 heavy (non-hydrogen) atoms. The first-order valence-corrected chi connectivity index (χ1v) is 9.07. The van der Waals surface area contributed by atoms with Crippen LogP contribution in [0.3, 0.4) is 0 Å². The Hall–Kier alpha value is -0.180. The Morgan fingerprint density at radius 3 is 1.75 bits per heavy atom. The van der Waals surface area contributed by atoms with Crippen LogP contribution in [0.2, 0.25) is 0 Å². The van der Waals surface area contributed by atoms with Crippen molar-refractivity contribution in [1.29, 1.82) is 0 Å². The first-order chi connectivity index (χ1) is 9.09. The fourth-order valence-electron chi connectivity index (χ4n) is 2.37. The molecule has 120 valence electrons. The minimum atomic E-state index is -3.47. The van der Waals surface area contributed by atoms with Crippen LogP contribution in [0.15, 0.2) is 0 Å². The third-order valence-electron chi connectivity index (χ3n) is 3.39. The summed E-state index contributed by atoms with van der Waals surface area (Å²) in [6.45, 7) is 13.4. The molecule has 0 saturated heterocycles. The van der Waals surface area contributed by atoms with Crippen molar-refractivity contribution < 1.29 is 18.4 Å². The number of hydrogen-bond acceptors (Lipinski definition) is 4. The van der Waals surface area contributed by atoms with Crippen molar-refractivity contribution in [2.45, 2.75) is 72.9 Å². The number of carbonyl (C=O) groups excluding carboxylic acids is 1. The zero-order valence-corrected chi connectivity index (χ0v) is 15.0. The molecule has 4 nitrogen and oxygen atoms in total. The Morgan fingerprint density at radius 2 is 1.45 bits per heavy atom. The SMILES string of the molecule is CCCCC(C)(C(=O)C(C)(C)C)P(=O)(OCC)OCC. The number of ketones is 1. The fourth-order valence-corrected chi connectivity index (χ4v) is 4.71. The summed E-state index contributed by atoms with van der Waals surface area (Å²) in [5.41, 5.74) is -0.577. The highest BCUT2D eigenvalue weighted by atomic mass is 31.2. The van der Waals surface area contributed by atoms with Crippen molar-refractivity contribution in [2.75, 3.05) is 13.2 Å². The van der Waals surface area contributed by atoms with Crippen molar-refractivity contribution in [3.05, 3.63) is 0 Å². The van der Waals surface area contributed by atoms with Gasteiger partial charge in [-0.25, -0.2) is 0 Å². The fraction of sp³-hybridized carbons (Fsp3) is 0.933. The van der Waals surface area contributed by atoms with Gasteiger partial charge < -0.3 is 9.05 Å². The highest BCUT2D eigenvalue weighted by Gasteiger charge is 2.54. The van der Waals surface area contributed by atoms with Gasteiger partial charge in [-0.2, -0.15) is 0 Å². The lowest BCUT2D eigenvalue weighted by Gasteiger charge is -2.38. The molecule has 0 heterocycles. The van der Waals surface area contributed by atoms with Crippen LogP contribution < -0.4 is 0 Å². The molecular formula is C15H31O4P. The average molecular weight is 306 g/mol. The van der Waals surface area contributed by atoms with E-state index in [1.807, 2.05) is 27.7 Å². The van der Waals surface area contributed by atoms with E-state index in [1.54, 1.807) is 20.8 Å². The summed E-state index contributed by atoms with van der Waals surface area (Å²) in [7, 11) is -3.47. The summed E-state index contributed by atoms with van der Waals surface area (Å²) in [5.74, 6) is -0.0521. The van der Waals surface area contributed by atoms with Crippen LogP contribution >= 0.6 is 7.60 Å². The van der Waals surface area contributed by atoms with Crippen LogP contribution in [0.1, 0.15) is 67.7 Å². The number of carbonyl (C=O) groups is 1. The van der Waals surface area contributed by atoms with Crippen molar-refractivity contribution in [3.63, 3.8) is 0 Å². The van der Waals surface area contributed by atoms with E-state index in [0.29, 0.717) is 6.42 Å². The number of hydrogen-bond donors (Lipinski definition) is 0. The highest BCUT2D eigenvalue weighted by molar-refractivity contribution is 7.56. The summed E-state index contributed by atoms with van der Waals surface area (Å²) in [4.78, 5) is 12.9. The van der Waals surface area contributed by atoms with Gasteiger partial charge in [0.15, 0.2) is 5.78 Å². The molecule has 1 atom stereocenters. The van der Waals surface area contributed by atoms with E-state index >= 15 is 0 Å². The second kappa shape index (κ2) is 7.72. The molecule has 0 radical (unpaired) electrons.